The standard InChI is InChI=1S/C10H18O7/c1-7(2)9(13)15-6-10(4-11,5-12)8(3)16-17-14/h8,11-12,14H,1,4-6H2,2-3H3. The van der Waals surface area contributed by atoms with E-state index in [0.717, 1.165) is 0 Å². The summed E-state index contributed by atoms with van der Waals surface area (Å²) in [5, 5.41) is 30.1. The number of rotatable bonds is 8. The molecule has 1 atom stereocenters. The molecule has 0 aromatic carbocycles. The number of aliphatic hydroxyl groups is 2. The number of hydrogen-bond donors (Lipinski definition) is 3. The zero-order chi connectivity index (χ0) is 13.5. The lowest BCUT2D eigenvalue weighted by molar-refractivity contribution is -0.514. The third-order valence-corrected chi connectivity index (χ3v) is 2.52. The van der Waals surface area contributed by atoms with Crippen LogP contribution in [0.25, 0.3) is 0 Å². The first kappa shape index (κ1) is 16.0. The van der Waals surface area contributed by atoms with Gasteiger partial charge in [-0.2, -0.15) is 0 Å². The molecule has 0 amide bonds. The van der Waals surface area contributed by atoms with Crippen molar-refractivity contribution in [2.24, 2.45) is 5.41 Å². The number of hydrogen-bond acceptors (Lipinski definition) is 7. The monoisotopic (exact) mass is 250 g/mol. The van der Waals surface area contributed by atoms with Gasteiger partial charge >= 0.3 is 5.97 Å². The van der Waals surface area contributed by atoms with Gasteiger partial charge in [0.2, 0.25) is 0 Å². The van der Waals surface area contributed by atoms with Gasteiger partial charge in [0.05, 0.1) is 18.6 Å². The molecule has 0 heterocycles. The molecule has 0 aromatic rings. The van der Waals surface area contributed by atoms with E-state index in [2.05, 4.69) is 16.5 Å². The van der Waals surface area contributed by atoms with E-state index < -0.39 is 30.7 Å². The molecule has 0 aliphatic heterocycles. The average molecular weight is 250 g/mol. The lowest BCUT2D eigenvalue weighted by Crippen LogP contribution is -2.46. The van der Waals surface area contributed by atoms with E-state index in [-0.39, 0.29) is 12.2 Å². The van der Waals surface area contributed by atoms with Crippen molar-refractivity contribution >= 4 is 5.97 Å². The van der Waals surface area contributed by atoms with Crippen LogP contribution in [0, 0.1) is 5.41 Å². The maximum absolute atomic E-state index is 11.2. The van der Waals surface area contributed by atoms with E-state index in [9.17, 15) is 15.0 Å². The largest absolute Gasteiger partial charge is 0.461 e. The fraction of sp³-hybridized carbons (Fsp3) is 0.700. The quantitative estimate of drug-likeness (QED) is 0.239. The Morgan fingerprint density at radius 1 is 1.41 bits per heavy atom. The maximum Gasteiger partial charge on any atom is 0.333 e. The zero-order valence-corrected chi connectivity index (χ0v) is 9.88. The fourth-order valence-electron chi connectivity index (χ4n) is 1.01. The molecule has 100 valence electrons. The number of aliphatic hydroxyl groups excluding tert-OH is 2. The van der Waals surface area contributed by atoms with Crippen molar-refractivity contribution in [3.05, 3.63) is 12.2 Å². The molecule has 0 bridgehead atoms. The van der Waals surface area contributed by atoms with Gasteiger partial charge in [-0.1, -0.05) is 11.6 Å². The smallest absolute Gasteiger partial charge is 0.333 e. The first-order valence-electron chi connectivity index (χ1n) is 4.94. The van der Waals surface area contributed by atoms with E-state index in [0.29, 0.717) is 0 Å². The summed E-state index contributed by atoms with van der Waals surface area (Å²) in [5.41, 5.74) is -1.07. The Labute approximate surface area is 99.1 Å². The first-order valence-corrected chi connectivity index (χ1v) is 4.94. The third kappa shape index (κ3) is 4.41. The second-order valence-electron chi connectivity index (χ2n) is 3.85. The second kappa shape index (κ2) is 7.36. The Hall–Kier alpha value is -0.990. The molecule has 7 nitrogen and oxygen atoms in total. The van der Waals surface area contributed by atoms with Crippen LogP contribution in [-0.2, 0) is 19.5 Å². The van der Waals surface area contributed by atoms with E-state index in [1.807, 2.05) is 0 Å². The lowest BCUT2D eigenvalue weighted by atomic mass is 9.85. The summed E-state index contributed by atoms with van der Waals surface area (Å²) in [7, 11) is 0. The van der Waals surface area contributed by atoms with Crippen molar-refractivity contribution in [3.63, 3.8) is 0 Å². The molecule has 0 spiro atoms. The molecule has 0 fully saturated rings. The van der Waals surface area contributed by atoms with E-state index >= 15 is 0 Å². The minimum absolute atomic E-state index is 0.196. The molecular formula is C10H18O7. The zero-order valence-electron chi connectivity index (χ0n) is 9.88. The molecule has 17 heavy (non-hydrogen) atoms. The minimum atomic E-state index is -1.27. The van der Waals surface area contributed by atoms with Gasteiger partial charge in [-0.15, -0.1) is 0 Å². The Morgan fingerprint density at radius 3 is 2.29 bits per heavy atom. The molecular weight excluding hydrogens is 232 g/mol. The minimum Gasteiger partial charge on any atom is -0.461 e. The van der Waals surface area contributed by atoms with Crippen LogP contribution >= 0.6 is 0 Å². The highest BCUT2D eigenvalue weighted by atomic mass is 17.5. The van der Waals surface area contributed by atoms with Gasteiger partial charge < -0.3 is 14.9 Å². The van der Waals surface area contributed by atoms with Crippen molar-refractivity contribution in [1.82, 2.24) is 0 Å². The van der Waals surface area contributed by atoms with Crippen molar-refractivity contribution < 1.29 is 34.9 Å². The molecule has 1 unspecified atom stereocenters. The van der Waals surface area contributed by atoms with Gasteiger partial charge in [0.15, 0.2) is 0 Å². The molecule has 0 aromatic heterocycles. The van der Waals surface area contributed by atoms with Gasteiger partial charge in [-0.05, 0) is 13.8 Å². The second-order valence-corrected chi connectivity index (χ2v) is 3.85. The summed E-state index contributed by atoms with van der Waals surface area (Å²) >= 11 is 0. The molecule has 3 N–H and O–H groups in total. The van der Waals surface area contributed by atoms with Gasteiger partial charge in [-0.3, -0.25) is 0 Å². The molecule has 7 heteroatoms. The topological polar surface area (TPSA) is 105 Å². The van der Waals surface area contributed by atoms with Crippen LogP contribution in [0.15, 0.2) is 12.2 Å². The lowest BCUT2D eigenvalue weighted by Gasteiger charge is -2.33. The summed E-state index contributed by atoms with van der Waals surface area (Å²) in [6.07, 6.45) is -0.888. The predicted octanol–water partition coefficient (Wildman–Crippen LogP) is -0.114. The molecule has 0 saturated heterocycles. The number of carbonyl (C=O) groups is 1. The Kier molecular flexibility index (Phi) is 6.93. The summed E-state index contributed by atoms with van der Waals surface area (Å²) in [6, 6.07) is 0. The fourth-order valence-corrected chi connectivity index (χ4v) is 1.01. The van der Waals surface area contributed by atoms with Crippen molar-refractivity contribution in [1.29, 1.82) is 0 Å². The molecule has 0 aliphatic carbocycles. The van der Waals surface area contributed by atoms with Crippen LogP contribution < -0.4 is 0 Å². The van der Waals surface area contributed by atoms with Crippen LogP contribution in [0.2, 0.25) is 0 Å². The number of carbonyl (C=O) groups excluding carboxylic acids is 1. The summed E-state index contributed by atoms with van der Waals surface area (Å²) in [5.74, 6) is -0.645. The van der Waals surface area contributed by atoms with Crippen LogP contribution in [0.3, 0.4) is 0 Å². The first-order chi connectivity index (χ1) is 7.93. The highest BCUT2D eigenvalue weighted by Crippen LogP contribution is 2.24. The van der Waals surface area contributed by atoms with Crippen LogP contribution in [0.5, 0.6) is 0 Å². The van der Waals surface area contributed by atoms with Gasteiger partial charge in [0, 0.05) is 5.57 Å². The van der Waals surface area contributed by atoms with E-state index in [1.165, 1.54) is 13.8 Å². The molecule has 0 saturated carbocycles. The van der Waals surface area contributed by atoms with Crippen molar-refractivity contribution in [2.75, 3.05) is 19.8 Å². The average Bonchev–Trinajstić information content (AvgIpc) is 2.30. The van der Waals surface area contributed by atoms with E-state index in [4.69, 9.17) is 9.99 Å². The van der Waals surface area contributed by atoms with Crippen LogP contribution in [0.4, 0.5) is 0 Å². The predicted molar refractivity (Wildman–Crippen MR) is 56.6 cm³/mol. The van der Waals surface area contributed by atoms with Crippen LogP contribution in [-0.4, -0.2) is 47.4 Å². The SMILES string of the molecule is C=C(C)C(=O)OCC(CO)(CO)C(C)OOO. The van der Waals surface area contributed by atoms with Crippen LogP contribution in [0.1, 0.15) is 13.8 Å². The summed E-state index contributed by atoms with van der Waals surface area (Å²) < 4.78 is 4.84. The summed E-state index contributed by atoms with van der Waals surface area (Å²) in [6.45, 7) is 4.98. The maximum atomic E-state index is 11.2. The van der Waals surface area contributed by atoms with Crippen molar-refractivity contribution in [2.45, 2.75) is 20.0 Å². The number of esters is 1. The highest BCUT2D eigenvalue weighted by molar-refractivity contribution is 5.86. The van der Waals surface area contributed by atoms with Gasteiger partial charge in [0.25, 0.3) is 0 Å². The molecule has 0 radical (unpaired) electrons. The van der Waals surface area contributed by atoms with Gasteiger partial charge in [0.1, 0.15) is 12.7 Å². The molecule has 0 aliphatic rings. The normalized spacial score (nSPS) is 13.2. The third-order valence-electron chi connectivity index (χ3n) is 2.52. The number of ether oxygens (including phenoxy) is 1. The summed E-state index contributed by atoms with van der Waals surface area (Å²) in [4.78, 5) is 15.6. The van der Waals surface area contributed by atoms with E-state index in [1.54, 1.807) is 0 Å². The Balaban J connectivity index is 4.60. The van der Waals surface area contributed by atoms with Crippen molar-refractivity contribution in [3.8, 4) is 0 Å². The molecule has 0 rings (SSSR count). The Morgan fingerprint density at radius 2 is 1.94 bits per heavy atom. The highest BCUT2D eigenvalue weighted by Gasteiger charge is 2.39. The van der Waals surface area contributed by atoms with Gasteiger partial charge in [-0.25, -0.2) is 14.9 Å². The Bertz CT molecular complexity index is 259.